The maximum Gasteiger partial charge on any atom is 0.0771 e. The van der Waals surface area contributed by atoms with E-state index in [9.17, 15) is 15.3 Å². The molecule has 5 aliphatic carbocycles. The van der Waals surface area contributed by atoms with Crippen LogP contribution in [0.15, 0.2) is 0 Å². The van der Waals surface area contributed by atoms with Gasteiger partial charge in [0.15, 0.2) is 0 Å². The van der Waals surface area contributed by atoms with E-state index in [1.54, 1.807) is 14.2 Å². The fourth-order valence-corrected chi connectivity index (χ4v) is 10.4. The van der Waals surface area contributed by atoms with Gasteiger partial charge in [0.1, 0.15) is 0 Å². The zero-order valence-electron chi connectivity index (χ0n) is 18.0. The number of likely N-dealkylation sites (tertiary alicyclic amines) is 1. The summed E-state index contributed by atoms with van der Waals surface area (Å²) >= 11 is 0. The molecule has 3 N–H and O–H groups in total. The van der Waals surface area contributed by atoms with E-state index >= 15 is 0 Å². The lowest BCUT2D eigenvalue weighted by atomic mass is 9.43. The van der Waals surface area contributed by atoms with E-state index in [0.29, 0.717) is 12.3 Å². The second-order valence-electron chi connectivity index (χ2n) is 11.2. The smallest absolute Gasteiger partial charge is 0.0771 e. The van der Waals surface area contributed by atoms with Gasteiger partial charge in [0.25, 0.3) is 0 Å². The Balaban J connectivity index is 1.57. The molecule has 0 radical (unpaired) electrons. The molecule has 1 spiro atoms. The zero-order valence-corrected chi connectivity index (χ0v) is 18.0. The fraction of sp³-hybridized carbons (Fsp3) is 1.00. The lowest BCUT2D eigenvalue weighted by molar-refractivity contribution is -0.272. The van der Waals surface area contributed by atoms with Crippen LogP contribution >= 0.6 is 0 Å². The van der Waals surface area contributed by atoms with Gasteiger partial charge >= 0.3 is 0 Å². The molecule has 6 nitrogen and oxygen atoms in total. The number of fused-ring (bicyclic) bond motifs is 2. The number of methoxy groups -OCH3 is 2. The number of rotatable bonds is 4. The normalized spacial score (nSPS) is 62.5. The van der Waals surface area contributed by atoms with Gasteiger partial charge in [0, 0.05) is 61.8 Å². The highest BCUT2D eigenvalue weighted by Gasteiger charge is 2.83. The quantitative estimate of drug-likeness (QED) is 0.642. The first-order valence-corrected chi connectivity index (χ1v) is 11.7. The van der Waals surface area contributed by atoms with Gasteiger partial charge in [-0.05, 0) is 44.1 Å². The maximum atomic E-state index is 12.2. The number of nitrogens with zero attached hydrogens (tertiary/aromatic N) is 1. The van der Waals surface area contributed by atoms with Crippen molar-refractivity contribution in [3.8, 4) is 0 Å². The SMILES string of the molecule is CCN1C[C@]2(COC)CC[C@H](O)[C@@]34C5C[C@@H]6[C@@H](OC)C[C@@](O)(C5[C@H]6O)[C@@H](CC23)C14. The monoisotopic (exact) mass is 407 g/mol. The van der Waals surface area contributed by atoms with Crippen LogP contribution in [0, 0.1) is 40.4 Å². The van der Waals surface area contributed by atoms with E-state index in [4.69, 9.17) is 9.47 Å². The van der Waals surface area contributed by atoms with Crippen LogP contribution < -0.4 is 0 Å². The Morgan fingerprint density at radius 1 is 1.14 bits per heavy atom. The lowest BCUT2D eigenvalue weighted by Gasteiger charge is -2.69. The summed E-state index contributed by atoms with van der Waals surface area (Å²) in [6.45, 7) is 4.88. The molecule has 5 saturated carbocycles. The number of piperidine rings is 1. The van der Waals surface area contributed by atoms with Crippen LogP contribution in [0.5, 0.6) is 0 Å². The summed E-state index contributed by atoms with van der Waals surface area (Å²) in [5, 5.41) is 35.2. The van der Waals surface area contributed by atoms with Crippen molar-refractivity contribution in [2.24, 2.45) is 40.4 Å². The van der Waals surface area contributed by atoms with Crippen molar-refractivity contribution in [1.82, 2.24) is 4.90 Å². The van der Waals surface area contributed by atoms with E-state index in [2.05, 4.69) is 11.8 Å². The van der Waals surface area contributed by atoms with Gasteiger partial charge in [-0.15, -0.1) is 0 Å². The summed E-state index contributed by atoms with van der Waals surface area (Å²) in [5.74, 6) is 0.553. The van der Waals surface area contributed by atoms with Crippen molar-refractivity contribution in [3.05, 3.63) is 0 Å². The third-order valence-electron chi connectivity index (χ3n) is 10.9. The Morgan fingerprint density at radius 3 is 2.62 bits per heavy atom. The molecule has 0 aromatic carbocycles. The van der Waals surface area contributed by atoms with Crippen molar-refractivity contribution in [1.29, 1.82) is 0 Å². The number of hydrogen-bond acceptors (Lipinski definition) is 6. The summed E-state index contributed by atoms with van der Waals surface area (Å²) in [6.07, 6.45) is 3.27. The molecule has 0 aromatic rings. The molecule has 164 valence electrons. The Bertz CT molecular complexity index is 705. The molecule has 12 atom stereocenters. The molecule has 29 heavy (non-hydrogen) atoms. The van der Waals surface area contributed by atoms with Crippen molar-refractivity contribution < 1.29 is 24.8 Å². The molecule has 0 amide bonds. The Morgan fingerprint density at radius 2 is 1.93 bits per heavy atom. The molecular weight excluding hydrogens is 370 g/mol. The van der Waals surface area contributed by atoms with Crippen LogP contribution in [-0.2, 0) is 9.47 Å². The van der Waals surface area contributed by atoms with Gasteiger partial charge in [-0.1, -0.05) is 6.92 Å². The minimum absolute atomic E-state index is 0.0495. The third kappa shape index (κ3) is 1.93. The largest absolute Gasteiger partial charge is 0.392 e. The highest BCUT2D eigenvalue weighted by atomic mass is 16.5. The van der Waals surface area contributed by atoms with E-state index in [-0.39, 0.29) is 52.8 Å². The summed E-state index contributed by atoms with van der Waals surface area (Å²) in [4.78, 5) is 2.57. The van der Waals surface area contributed by atoms with Crippen LogP contribution in [0.3, 0.4) is 0 Å². The first-order chi connectivity index (χ1) is 13.9. The molecule has 7 bridgehead atoms. The first-order valence-electron chi connectivity index (χ1n) is 11.7. The summed E-state index contributed by atoms with van der Waals surface area (Å²) < 4.78 is 11.6. The summed E-state index contributed by atoms with van der Waals surface area (Å²) in [7, 11) is 3.52. The molecule has 0 aromatic heterocycles. The maximum absolute atomic E-state index is 12.2. The Hall–Kier alpha value is -0.240. The molecule has 1 saturated heterocycles. The van der Waals surface area contributed by atoms with Crippen molar-refractivity contribution in [3.63, 3.8) is 0 Å². The minimum atomic E-state index is -0.901. The van der Waals surface area contributed by atoms with E-state index in [1.165, 1.54) is 0 Å². The second kappa shape index (κ2) is 5.96. The molecule has 4 unspecified atom stereocenters. The molecule has 1 aliphatic heterocycles. The van der Waals surface area contributed by atoms with Gasteiger partial charge < -0.3 is 24.8 Å². The summed E-state index contributed by atoms with van der Waals surface area (Å²) in [5.41, 5.74) is -1.08. The van der Waals surface area contributed by atoms with Crippen molar-refractivity contribution >= 4 is 0 Å². The average molecular weight is 408 g/mol. The summed E-state index contributed by atoms with van der Waals surface area (Å²) in [6, 6.07) is 0.200. The Kier molecular flexibility index (Phi) is 4.00. The van der Waals surface area contributed by atoms with Gasteiger partial charge in [0.05, 0.1) is 30.5 Å². The van der Waals surface area contributed by atoms with Crippen molar-refractivity contribution in [2.45, 2.75) is 69.0 Å². The second-order valence-corrected chi connectivity index (χ2v) is 11.2. The number of aliphatic hydroxyl groups is 3. The van der Waals surface area contributed by atoms with E-state index < -0.39 is 11.7 Å². The molecule has 6 fully saturated rings. The van der Waals surface area contributed by atoms with Gasteiger partial charge in [-0.3, -0.25) is 4.90 Å². The standard InChI is InChI=1S/C23H37NO5/c1-4-24-10-21(11-28-2)6-5-17(25)23-13-7-12-15(29-3)9-22(27,18(13)19(12)26)14(20(23)24)8-16(21)23/h12-20,25-27H,4-11H2,1-3H3/t12-,13?,14+,15+,16?,17+,18?,19+,20?,21+,22+,23-/m1/s1. The lowest BCUT2D eigenvalue weighted by Crippen LogP contribution is -2.76. The fourth-order valence-electron chi connectivity index (χ4n) is 10.4. The number of aliphatic hydroxyl groups excluding tert-OH is 2. The van der Waals surface area contributed by atoms with E-state index in [1.807, 2.05) is 0 Å². The first kappa shape index (κ1) is 19.4. The Labute approximate surface area is 173 Å². The molecule has 6 rings (SSSR count). The van der Waals surface area contributed by atoms with Gasteiger partial charge in [-0.25, -0.2) is 0 Å². The van der Waals surface area contributed by atoms with Gasteiger partial charge in [-0.2, -0.15) is 0 Å². The topological polar surface area (TPSA) is 82.4 Å². The molecule has 6 aliphatic rings. The zero-order chi connectivity index (χ0) is 20.3. The molecular formula is C23H37NO5. The van der Waals surface area contributed by atoms with Crippen LogP contribution in [0.2, 0.25) is 0 Å². The highest BCUT2D eigenvalue weighted by Crippen LogP contribution is 2.78. The third-order valence-corrected chi connectivity index (χ3v) is 10.9. The molecule has 1 heterocycles. The number of ether oxygens (including phenoxy) is 2. The van der Waals surface area contributed by atoms with Crippen LogP contribution in [0.4, 0.5) is 0 Å². The predicted molar refractivity (Wildman–Crippen MR) is 106 cm³/mol. The average Bonchev–Trinajstić information content (AvgIpc) is 3.13. The highest BCUT2D eigenvalue weighted by molar-refractivity contribution is 5.33. The van der Waals surface area contributed by atoms with E-state index in [0.717, 1.165) is 45.4 Å². The predicted octanol–water partition coefficient (Wildman–Crippen LogP) is 0.877. The van der Waals surface area contributed by atoms with Crippen LogP contribution in [-0.4, -0.2) is 84.1 Å². The minimum Gasteiger partial charge on any atom is -0.392 e. The number of hydrogen-bond donors (Lipinski definition) is 3. The van der Waals surface area contributed by atoms with Crippen LogP contribution in [0.1, 0.15) is 39.0 Å². The molecule has 6 heteroatoms. The van der Waals surface area contributed by atoms with Gasteiger partial charge in [0.2, 0.25) is 0 Å². The van der Waals surface area contributed by atoms with Crippen LogP contribution in [0.25, 0.3) is 0 Å². The van der Waals surface area contributed by atoms with Crippen molar-refractivity contribution in [2.75, 3.05) is 33.9 Å².